The Labute approximate surface area is 132 Å². The van der Waals surface area contributed by atoms with Crippen LogP contribution in [0.25, 0.3) is 0 Å². The molecule has 5 heteroatoms. The van der Waals surface area contributed by atoms with Gasteiger partial charge in [-0.1, -0.05) is 28.9 Å². The van der Waals surface area contributed by atoms with Gasteiger partial charge in [0, 0.05) is 23.1 Å². The molecule has 2 saturated heterocycles. The van der Waals surface area contributed by atoms with Crippen LogP contribution in [0.1, 0.15) is 42.1 Å². The van der Waals surface area contributed by atoms with Gasteiger partial charge < -0.3 is 10.2 Å². The van der Waals surface area contributed by atoms with Crippen molar-refractivity contribution in [2.24, 2.45) is 5.92 Å². The summed E-state index contributed by atoms with van der Waals surface area (Å²) in [6, 6.07) is 6.11. The lowest BCUT2D eigenvalue weighted by molar-refractivity contribution is -0.0148. The molecular weight excluding hydrogens is 334 g/mol. The van der Waals surface area contributed by atoms with Crippen molar-refractivity contribution in [2.75, 3.05) is 0 Å². The predicted molar refractivity (Wildman–Crippen MR) is 83.2 cm³/mol. The van der Waals surface area contributed by atoms with Gasteiger partial charge in [0.1, 0.15) is 0 Å². The van der Waals surface area contributed by atoms with E-state index in [1.54, 1.807) is 12.1 Å². The minimum absolute atomic E-state index is 0.184. The first-order valence-electron chi connectivity index (χ1n) is 7.43. The van der Waals surface area contributed by atoms with Crippen LogP contribution in [0.3, 0.4) is 0 Å². The topological polar surface area (TPSA) is 60.8 Å². The average molecular weight is 354 g/mol. The number of aromatic carboxylic acids is 1. The van der Waals surface area contributed by atoms with E-state index < -0.39 is 5.97 Å². The number of aliphatic hydroxyl groups excluding tert-OH is 1. The Bertz CT molecular complexity index is 562. The van der Waals surface area contributed by atoms with Gasteiger partial charge >= 0.3 is 5.97 Å². The van der Waals surface area contributed by atoms with Crippen molar-refractivity contribution in [1.29, 1.82) is 0 Å². The molecule has 2 aliphatic heterocycles. The predicted octanol–water partition coefficient (Wildman–Crippen LogP) is 2.88. The van der Waals surface area contributed by atoms with Gasteiger partial charge in [0.15, 0.2) is 0 Å². The number of aliphatic hydroxyl groups is 1. The SMILES string of the molecule is CC1C(O)CC2CCC1N2Cc1ccc(C(=O)O)cc1Br. The Morgan fingerprint density at radius 1 is 1.43 bits per heavy atom. The standard InChI is InChI=1S/C16H20BrNO3/c1-9-14-5-4-12(7-15(9)19)18(14)8-11-3-2-10(16(20)21)6-13(11)17/h2-3,6,9,12,14-15,19H,4-5,7-8H2,1H3,(H,20,21). The number of fused-ring (bicyclic) bond motifs is 2. The highest BCUT2D eigenvalue weighted by molar-refractivity contribution is 9.10. The van der Waals surface area contributed by atoms with Gasteiger partial charge in [-0.25, -0.2) is 4.79 Å². The second-order valence-electron chi connectivity index (χ2n) is 6.24. The quantitative estimate of drug-likeness (QED) is 0.876. The molecule has 2 fully saturated rings. The van der Waals surface area contributed by atoms with E-state index >= 15 is 0 Å². The first-order chi connectivity index (χ1) is 9.97. The largest absolute Gasteiger partial charge is 0.478 e. The number of carboxylic acids is 1. The number of hydrogen-bond acceptors (Lipinski definition) is 3. The fraction of sp³-hybridized carbons (Fsp3) is 0.562. The maximum Gasteiger partial charge on any atom is 0.335 e. The number of halogens is 1. The summed E-state index contributed by atoms with van der Waals surface area (Å²) in [4.78, 5) is 13.5. The summed E-state index contributed by atoms with van der Waals surface area (Å²) in [6.07, 6.45) is 2.96. The van der Waals surface area contributed by atoms with Gasteiger partial charge in [-0.15, -0.1) is 0 Å². The zero-order valence-corrected chi connectivity index (χ0v) is 13.6. The molecule has 0 aromatic heterocycles. The third-order valence-corrected chi connectivity index (χ3v) is 5.81. The molecule has 4 atom stereocenters. The average Bonchev–Trinajstić information content (AvgIpc) is 2.75. The lowest BCUT2D eigenvalue weighted by Crippen LogP contribution is -2.49. The molecule has 4 unspecified atom stereocenters. The van der Waals surface area contributed by atoms with Crippen molar-refractivity contribution in [3.63, 3.8) is 0 Å². The fourth-order valence-electron chi connectivity index (χ4n) is 3.79. The number of nitrogens with zero attached hydrogens (tertiary/aromatic N) is 1. The highest BCUT2D eigenvalue weighted by atomic mass is 79.9. The molecule has 2 heterocycles. The van der Waals surface area contributed by atoms with Crippen molar-refractivity contribution in [3.8, 4) is 0 Å². The monoisotopic (exact) mass is 353 g/mol. The van der Waals surface area contributed by atoms with Gasteiger partial charge in [-0.3, -0.25) is 4.90 Å². The molecule has 0 saturated carbocycles. The number of benzene rings is 1. The van der Waals surface area contributed by atoms with Crippen LogP contribution in [0.4, 0.5) is 0 Å². The molecule has 0 radical (unpaired) electrons. The summed E-state index contributed by atoms with van der Waals surface area (Å²) < 4.78 is 0.848. The van der Waals surface area contributed by atoms with Crippen LogP contribution >= 0.6 is 15.9 Å². The van der Waals surface area contributed by atoms with E-state index in [0.29, 0.717) is 23.6 Å². The summed E-state index contributed by atoms with van der Waals surface area (Å²) in [5, 5.41) is 19.1. The number of hydrogen-bond donors (Lipinski definition) is 2. The molecule has 2 aliphatic rings. The van der Waals surface area contributed by atoms with E-state index in [9.17, 15) is 9.90 Å². The number of piperidine rings is 1. The van der Waals surface area contributed by atoms with E-state index in [1.807, 2.05) is 6.07 Å². The molecule has 2 bridgehead atoms. The summed E-state index contributed by atoms with van der Waals surface area (Å²) in [7, 11) is 0. The van der Waals surface area contributed by atoms with Crippen molar-refractivity contribution >= 4 is 21.9 Å². The second kappa shape index (κ2) is 5.71. The van der Waals surface area contributed by atoms with Crippen LogP contribution in [-0.2, 0) is 6.54 Å². The summed E-state index contributed by atoms with van der Waals surface area (Å²) in [6.45, 7) is 2.94. The Hall–Kier alpha value is -0.910. The Kier molecular flexibility index (Phi) is 4.08. The summed E-state index contributed by atoms with van der Waals surface area (Å²) >= 11 is 3.49. The second-order valence-corrected chi connectivity index (χ2v) is 7.10. The van der Waals surface area contributed by atoms with Gasteiger partial charge in [0.05, 0.1) is 11.7 Å². The molecule has 3 rings (SSSR count). The Balaban J connectivity index is 1.80. The van der Waals surface area contributed by atoms with Crippen LogP contribution in [0.2, 0.25) is 0 Å². The zero-order chi connectivity index (χ0) is 15.1. The minimum Gasteiger partial charge on any atom is -0.478 e. The number of rotatable bonds is 3. The highest BCUT2D eigenvalue weighted by Gasteiger charge is 2.44. The third-order valence-electron chi connectivity index (χ3n) is 5.07. The third kappa shape index (κ3) is 2.74. The van der Waals surface area contributed by atoms with Crippen molar-refractivity contribution in [1.82, 2.24) is 4.90 Å². The first kappa shape index (κ1) is 15.0. The molecular formula is C16H20BrNO3. The lowest BCUT2D eigenvalue weighted by Gasteiger charge is -2.41. The van der Waals surface area contributed by atoms with Gasteiger partial charge in [0.2, 0.25) is 0 Å². The molecule has 0 spiro atoms. The van der Waals surface area contributed by atoms with E-state index in [-0.39, 0.29) is 6.10 Å². The molecule has 0 amide bonds. The molecule has 21 heavy (non-hydrogen) atoms. The van der Waals surface area contributed by atoms with E-state index in [4.69, 9.17) is 5.11 Å². The molecule has 114 valence electrons. The molecule has 1 aromatic carbocycles. The molecule has 0 aliphatic carbocycles. The van der Waals surface area contributed by atoms with Crippen molar-refractivity contribution < 1.29 is 15.0 Å². The van der Waals surface area contributed by atoms with Gasteiger partial charge in [-0.2, -0.15) is 0 Å². The molecule has 2 N–H and O–H groups in total. The van der Waals surface area contributed by atoms with Crippen molar-refractivity contribution in [2.45, 2.75) is 50.9 Å². The molecule has 1 aromatic rings. The van der Waals surface area contributed by atoms with Crippen molar-refractivity contribution in [3.05, 3.63) is 33.8 Å². The van der Waals surface area contributed by atoms with Crippen LogP contribution in [-0.4, -0.2) is 39.3 Å². The summed E-state index contributed by atoms with van der Waals surface area (Å²) in [5.74, 6) is -0.599. The maximum atomic E-state index is 11.0. The number of carboxylic acid groups (broad SMARTS) is 1. The Morgan fingerprint density at radius 3 is 2.86 bits per heavy atom. The zero-order valence-electron chi connectivity index (χ0n) is 12.0. The normalized spacial score (nSPS) is 32.3. The first-order valence-corrected chi connectivity index (χ1v) is 8.22. The smallest absolute Gasteiger partial charge is 0.335 e. The number of carbonyl (C=O) groups is 1. The van der Waals surface area contributed by atoms with Gasteiger partial charge in [0.25, 0.3) is 0 Å². The lowest BCUT2D eigenvalue weighted by atomic mass is 9.89. The Morgan fingerprint density at radius 2 is 2.19 bits per heavy atom. The fourth-order valence-corrected chi connectivity index (χ4v) is 4.29. The van der Waals surface area contributed by atoms with Crippen LogP contribution in [0.15, 0.2) is 22.7 Å². The van der Waals surface area contributed by atoms with E-state index in [2.05, 4.69) is 27.8 Å². The van der Waals surface area contributed by atoms with Crippen LogP contribution in [0, 0.1) is 5.92 Å². The maximum absolute atomic E-state index is 11.0. The summed E-state index contributed by atoms with van der Waals surface area (Å²) in [5.41, 5.74) is 1.41. The van der Waals surface area contributed by atoms with E-state index in [0.717, 1.165) is 35.8 Å². The highest BCUT2D eigenvalue weighted by Crippen LogP contribution is 2.40. The van der Waals surface area contributed by atoms with Crippen LogP contribution < -0.4 is 0 Å². The van der Waals surface area contributed by atoms with E-state index in [1.165, 1.54) is 0 Å². The van der Waals surface area contributed by atoms with Gasteiger partial charge in [-0.05, 0) is 42.9 Å². The van der Waals surface area contributed by atoms with Crippen LogP contribution in [0.5, 0.6) is 0 Å². The molecule has 4 nitrogen and oxygen atoms in total. The minimum atomic E-state index is -0.906.